The molecule has 138 valence electrons. The van der Waals surface area contributed by atoms with Gasteiger partial charge in [-0.15, -0.1) is 11.3 Å². The lowest BCUT2D eigenvalue weighted by Crippen LogP contribution is -2.23. The average Bonchev–Trinajstić information content (AvgIpc) is 3.10. The first kappa shape index (κ1) is 18.4. The van der Waals surface area contributed by atoms with Crippen molar-refractivity contribution in [1.29, 1.82) is 0 Å². The molecule has 0 bridgehead atoms. The van der Waals surface area contributed by atoms with Crippen molar-refractivity contribution in [3.63, 3.8) is 0 Å². The third-order valence-corrected chi connectivity index (χ3v) is 4.31. The Hall–Kier alpha value is -3.40. The zero-order valence-electron chi connectivity index (χ0n) is 14.0. The fourth-order valence-electron chi connectivity index (χ4n) is 2.29. The van der Waals surface area contributed by atoms with Crippen LogP contribution in [-0.4, -0.2) is 20.8 Å². The minimum absolute atomic E-state index is 0.00887. The summed E-state index contributed by atoms with van der Waals surface area (Å²) in [7, 11) is 0. The number of rotatable bonds is 6. The second-order valence-corrected chi connectivity index (χ2v) is 6.13. The zero-order chi connectivity index (χ0) is 19.4. The minimum Gasteiger partial charge on any atom is -0.479 e. The van der Waals surface area contributed by atoms with E-state index in [9.17, 15) is 19.3 Å². The number of hydrogen-bond donors (Lipinski definition) is 0. The molecule has 2 aromatic heterocycles. The van der Waals surface area contributed by atoms with Gasteiger partial charge in [0.2, 0.25) is 11.7 Å². The van der Waals surface area contributed by atoms with Crippen LogP contribution in [0.3, 0.4) is 0 Å². The topological polar surface area (TPSA) is 98.5 Å². The maximum absolute atomic E-state index is 14.1. The summed E-state index contributed by atoms with van der Waals surface area (Å²) >= 11 is 1.13. The molecule has 3 aromatic rings. The van der Waals surface area contributed by atoms with Crippen LogP contribution >= 0.6 is 11.3 Å². The molecular formula is C17H13FN4O4S. The molecule has 0 aliphatic heterocycles. The molecule has 0 spiro atoms. The number of carbonyl (C=O) groups excluding carboxylic acids is 1. The van der Waals surface area contributed by atoms with E-state index in [1.54, 1.807) is 11.4 Å². The summed E-state index contributed by atoms with van der Waals surface area (Å²) in [5.41, 5.74) is 0.533. The van der Waals surface area contributed by atoms with Crippen LogP contribution in [0.4, 0.5) is 21.0 Å². The number of ether oxygens (including phenoxy) is 1. The molecule has 0 saturated carbocycles. The molecule has 0 unspecified atom stereocenters. The summed E-state index contributed by atoms with van der Waals surface area (Å²) in [5, 5.41) is 12.9. The standard InChI is InChI=1S/C17H13FN4O4S/c1-11(23)21(14-6-3-2-5-13(14)18)17-20-12(10-27-17)9-26-15-7-4-8-19-16(15)22(24)25/h2-8,10H,9H2,1H3. The third kappa shape index (κ3) is 4.06. The number of nitro groups is 1. The zero-order valence-corrected chi connectivity index (χ0v) is 14.9. The average molecular weight is 388 g/mol. The van der Waals surface area contributed by atoms with Crippen LogP contribution in [-0.2, 0) is 11.4 Å². The smallest absolute Gasteiger partial charge is 0.406 e. The molecule has 0 saturated heterocycles. The van der Waals surface area contributed by atoms with E-state index in [0.29, 0.717) is 5.69 Å². The van der Waals surface area contributed by atoms with E-state index in [1.165, 1.54) is 43.5 Å². The summed E-state index contributed by atoms with van der Waals surface area (Å²) < 4.78 is 19.5. The van der Waals surface area contributed by atoms with Crippen molar-refractivity contribution in [2.45, 2.75) is 13.5 Å². The van der Waals surface area contributed by atoms with E-state index < -0.39 is 22.5 Å². The maximum atomic E-state index is 14.1. The molecule has 0 aliphatic carbocycles. The number of benzene rings is 1. The second kappa shape index (κ2) is 7.87. The van der Waals surface area contributed by atoms with Crippen LogP contribution < -0.4 is 9.64 Å². The van der Waals surface area contributed by atoms with E-state index >= 15 is 0 Å². The highest BCUT2D eigenvalue weighted by Gasteiger charge is 2.21. The summed E-state index contributed by atoms with van der Waals surface area (Å²) in [6, 6.07) is 8.83. The molecular weight excluding hydrogens is 375 g/mol. The molecule has 1 amide bonds. The number of anilines is 2. The maximum Gasteiger partial charge on any atom is 0.406 e. The van der Waals surface area contributed by atoms with Gasteiger partial charge in [0.05, 0.1) is 11.4 Å². The molecule has 0 radical (unpaired) electrons. The monoisotopic (exact) mass is 388 g/mol. The van der Waals surface area contributed by atoms with Gasteiger partial charge in [-0.2, -0.15) is 0 Å². The Morgan fingerprint density at radius 2 is 2.11 bits per heavy atom. The number of carbonyl (C=O) groups is 1. The Kier molecular flexibility index (Phi) is 5.36. The van der Waals surface area contributed by atoms with Crippen molar-refractivity contribution in [2.75, 3.05) is 4.90 Å². The van der Waals surface area contributed by atoms with Crippen molar-refractivity contribution >= 4 is 33.9 Å². The number of pyridine rings is 1. The predicted molar refractivity (Wildman–Crippen MR) is 96.6 cm³/mol. The number of amides is 1. The molecule has 3 rings (SSSR count). The van der Waals surface area contributed by atoms with Crippen molar-refractivity contribution in [3.8, 4) is 5.75 Å². The lowest BCUT2D eigenvalue weighted by molar-refractivity contribution is -0.390. The van der Waals surface area contributed by atoms with Crippen molar-refractivity contribution in [3.05, 3.63) is 69.6 Å². The predicted octanol–water partition coefficient (Wildman–Crippen LogP) is 3.85. The van der Waals surface area contributed by atoms with Gasteiger partial charge in [-0.25, -0.2) is 9.37 Å². The Bertz CT molecular complexity index is 994. The Morgan fingerprint density at radius 1 is 1.33 bits per heavy atom. The molecule has 0 fully saturated rings. The first-order chi connectivity index (χ1) is 13.0. The fraction of sp³-hybridized carbons (Fsp3) is 0.118. The Labute approximate surface area is 157 Å². The number of thiazole rings is 1. The number of hydrogen-bond acceptors (Lipinski definition) is 7. The van der Waals surface area contributed by atoms with Crippen LogP contribution in [0.25, 0.3) is 0 Å². The molecule has 27 heavy (non-hydrogen) atoms. The first-order valence-corrected chi connectivity index (χ1v) is 8.57. The van der Waals surface area contributed by atoms with E-state index in [1.807, 2.05) is 0 Å². The molecule has 1 aromatic carbocycles. The van der Waals surface area contributed by atoms with Crippen LogP contribution in [0.2, 0.25) is 0 Å². The van der Waals surface area contributed by atoms with Crippen LogP contribution in [0, 0.1) is 15.9 Å². The van der Waals surface area contributed by atoms with E-state index in [2.05, 4.69) is 9.97 Å². The first-order valence-electron chi connectivity index (χ1n) is 7.69. The number of halogens is 1. The minimum atomic E-state index is -0.641. The van der Waals surface area contributed by atoms with Gasteiger partial charge in [0, 0.05) is 12.3 Å². The summed E-state index contributed by atoms with van der Waals surface area (Å²) in [6.45, 7) is 1.25. The number of aromatic nitrogens is 2. The highest BCUT2D eigenvalue weighted by Crippen LogP contribution is 2.31. The summed E-state index contributed by atoms with van der Waals surface area (Å²) in [5.74, 6) is -1.34. The highest BCUT2D eigenvalue weighted by atomic mass is 32.1. The van der Waals surface area contributed by atoms with Gasteiger partial charge in [0.15, 0.2) is 5.13 Å². The van der Waals surface area contributed by atoms with Crippen molar-refractivity contribution in [1.82, 2.24) is 9.97 Å². The fourth-order valence-corrected chi connectivity index (χ4v) is 3.15. The SMILES string of the molecule is CC(=O)N(c1nc(COc2cccnc2[N+](=O)[O-])cs1)c1ccccc1F. The van der Waals surface area contributed by atoms with Crippen LogP contribution in [0.1, 0.15) is 12.6 Å². The van der Waals surface area contributed by atoms with Crippen molar-refractivity contribution in [2.24, 2.45) is 0 Å². The number of nitrogens with zero attached hydrogens (tertiary/aromatic N) is 4. The lowest BCUT2D eigenvalue weighted by Gasteiger charge is -2.18. The van der Waals surface area contributed by atoms with Crippen LogP contribution in [0.5, 0.6) is 5.75 Å². The van der Waals surface area contributed by atoms with Crippen LogP contribution in [0.15, 0.2) is 48.0 Å². The molecule has 0 N–H and O–H groups in total. The van der Waals surface area contributed by atoms with E-state index in [-0.39, 0.29) is 23.2 Å². The third-order valence-electron chi connectivity index (χ3n) is 3.44. The molecule has 2 heterocycles. The van der Waals surface area contributed by atoms with Gasteiger partial charge in [0.25, 0.3) is 0 Å². The lowest BCUT2D eigenvalue weighted by atomic mass is 10.3. The van der Waals surface area contributed by atoms with Gasteiger partial charge < -0.3 is 14.9 Å². The largest absolute Gasteiger partial charge is 0.479 e. The van der Waals surface area contributed by atoms with Gasteiger partial charge in [-0.3, -0.25) is 9.69 Å². The molecule has 0 atom stereocenters. The van der Waals surface area contributed by atoms with E-state index in [4.69, 9.17) is 4.74 Å². The molecule has 8 nitrogen and oxygen atoms in total. The summed E-state index contributed by atoms with van der Waals surface area (Å²) in [4.78, 5) is 31.4. The van der Waals surface area contributed by atoms with E-state index in [0.717, 1.165) is 16.2 Å². The van der Waals surface area contributed by atoms with Gasteiger partial charge in [-0.05, 0) is 34.2 Å². The highest BCUT2D eigenvalue weighted by molar-refractivity contribution is 7.14. The molecule has 10 heteroatoms. The Balaban J connectivity index is 1.81. The summed E-state index contributed by atoms with van der Waals surface area (Å²) in [6.07, 6.45) is 1.30. The Morgan fingerprint density at radius 3 is 2.81 bits per heavy atom. The number of para-hydroxylation sites is 1. The van der Waals surface area contributed by atoms with Crippen molar-refractivity contribution < 1.29 is 18.8 Å². The molecule has 0 aliphatic rings. The quantitative estimate of drug-likeness (QED) is 0.470. The van der Waals surface area contributed by atoms with Gasteiger partial charge in [-0.1, -0.05) is 12.1 Å². The normalized spacial score (nSPS) is 10.4. The second-order valence-electron chi connectivity index (χ2n) is 5.30. The van der Waals surface area contributed by atoms with Gasteiger partial charge in [0.1, 0.15) is 18.6 Å². The van der Waals surface area contributed by atoms with Gasteiger partial charge >= 0.3 is 5.82 Å².